The highest BCUT2D eigenvalue weighted by Crippen LogP contribution is 2.26. The van der Waals surface area contributed by atoms with Gasteiger partial charge in [-0.15, -0.1) is 0 Å². The summed E-state index contributed by atoms with van der Waals surface area (Å²) in [4.78, 5) is 17.4. The Morgan fingerprint density at radius 2 is 2.47 bits per heavy atom. The number of carboxylic acid groups (broad SMARTS) is 1. The highest BCUT2D eigenvalue weighted by atomic mass is 32.2. The first kappa shape index (κ1) is 12.0. The number of aromatic nitrogens is 1. The molecule has 5 nitrogen and oxygen atoms in total. The number of nitrogens with zero attached hydrogens (tertiary/aromatic N) is 2. The monoisotopic (exact) mass is 253 g/mol. The van der Waals surface area contributed by atoms with Gasteiger partial charge in [0, 0.05) is 24.1 Å². The van der Waals surface area contributed by atoms with E-state index in [-0.39, 0.29) is 5.56 Å². The third kappa shape index (κ3) is 2.63. The predicted octanol–water partition coefficient (Wildman–Crippen LogP) is 1.30. The van der Waals surface area contributed by atoms with Crippen molar-refractivity contribution < 1.29 is 9.90 Å². The summed E-state index contributed by atoms with van der Waals surface area (Å²) in [5.41, 5.74) is 6.14. The second-order valence-electron chi connectivity index (χ2n) is 4.07. The minimum atomic E-state index is -0.981. The van der Waals surface area contributed by atoms with Gasteiger partial charge in [0.15, 0.2) is 0 Å². The van der Waals surface area contributed by atoms with E-state index < -0.39 is 5.97 Å². The van der Waals surface area contributed by atoms with Crippen molar-refractivity contribution in [1.82, 2.24) is 4.98 Å². The van der Waals surface area contributed by atoms with E-state index in [2.05, 4.69) is 11.9 Å². The van der Waals surface area contributed by atoms with E-state index in [1.165, 1.54) is 12.3 Å². The molecule has 2 heterocycles. The molecule has 1 aromatic rings. The van der Waals surface area contributed by atoms with Gasteiger partial charge in [0.2, 0.25) is 0 Å². The normalized spacial score (nSPS) is 20.3. The molecule has 1 atom stereocenters. The van der Waals surface area contributed by atoms with Crippen molar-refractivity contribution in [2.24, 2.45) is 0 Å². The Morgan fingerprint density at radius 3 is 3.12 bits per heavy atom. The third-order valence-electron chi connectivity index (χ3n) is 2.66. The molecule has 1 aromatic heterocycles. The summed E-state index contributed by atoms with van der Waals surface area (Å²) in [5.74, 6) is 0.538. The number of thioether (sulfide) groups is 1. The lowest BCUT2D eigenvalue weighted by Crippen LogP contribution is -2.38. The van der Waals surface area contributed by atoms with Crippen LogP contribution in [0.4, 0.5) is 11.5 Å². The minimum absolute atomic E-state index is 0.184. The number of nitrogen functional groups attached to an aromatic ring is 1. The summed E-state index contributed by atoms with van der Waals surface area (Å²) in [6, 6.07) is 1.47. The second-order valence-corrected chi connectivity index (χ2v) is 5.62. The van der Waals surface area contributed by atoms with E-state index in [0.717, 1.165) is 18.8 Å². The Balaban J connectivity index is 2.33. The Morgan fingerprint density at radius 1 is 1.71 bits per heavy atom. The topological polar surface area (TPSA) is 79.5 Å². The van der Waals surface area contributed by atoms with Gasteiger partial charge in [-0.25, -0.2) is 9.78 Å². The van der Waals surface area contributed by atoms with E-state index in [9.17, 15) is 4.79 Å². The Bertz CT molecular complexity index is 439. The molecule has 2 rings (SSSR count). The van der Waals surface area contributed by atoms with Crippen molar-refractivity contribution in [3.05, 3.63) is 17.8 Å². The molecule has 0 bridgehead atoms. The number of hydrogen-bond acceptors (Lipinski definition) is 5. The van der Waals surface area contributed by atoms with Crippen LogP contribution in [0, 0.1) is 0 Å². The molecule has 17 heavy (non-hydrogen) atoms. The van der Waals surface area contributed by atoms with E-state index in [4.69, 9.17) is 10.8 Å². The highest BCUT2D eigenvalue weighted by Gasteiger charge is 2.22. The van der Waals surface area contributed by atoms with Crippen molar-refractivity contribution in [3.8, 4) is 0 Å². The molecule has 1 unspecified atom stereocenters. The average Bonchev–Trinajstić information content (AvgIpc) is 2.28. The molecule has 0 amide bonds. The molecular formula is C11H15N3O2S. The Kier molecular flexibility index (Phi) is 3.42. The van der Waals surface area contributed by atoms with Crippen LogP contribution >= 0.6 is 11.8 Å². The molecule has 92 valence electrons. The van der Waals surface area contributed by atoms with Crippen LogP contribution in [-0.4, -0.2) is 40.2 Å². The fourth-order valence-electron chi connectivity index (χ4n) is 1.89. The zero-order chi connectivity index (χ0) is 12.4. The first-order valence-corrected chi connectivity index (χ1v) is 6.48. The first-order chi connectivity index (χ1) is 8.08. The van der Waals surface area contributed by atoms with E-state index in [1.807, 2.05) is 16.7 Å². The summed E-state index contributed by atoms with van der Waals surface area (Å²) in [7, 11) is 0. The van der Waals surface area contributed by atoms with Crippen LogP contribution in [0.15, 0.2) is 12.3 Å². The van der Waals surface area contributed by atoms with Crippen molar-refractivity contribution in [2.45, 2.75) is 12.2 Å². The van der Waals surface area contributed by atoms with Gasteiger partial charge in [-0.3, -0.25) is 0 Å². The van der Waals surface area contributed by atoms with Crippen LogP contribution in [-0.2, 0) is 0 Å². The van der Waals surface area contributed by atoms with Crippen molar-refractivity contribution in [2.75, 3.05) is 29.5 Å². The van der Waals surface area contributed by atoms with Gasteiger partial charge in [0.05, 0.1) is 11.9 Å². The zero-order valence-electron chi connectivity index (χ0n) is 9.59. The number of carboxylic acids is 1. The summed E-state index contributed by atoms with van der Waals surface area (Å²) >= 11 is 1.89. The van der Waals surface area contributed by atoms with Gasteiger partial charge < -0.3 is 15.7 Å². The van der Waals surface area contributed by atoms with Gasteiger partial charge in [-0.05, 0) is 6.07 Å². The lowest BCUT2D eigenvalue weighted by molar-refractivity contribution is 0.0697. The van der Waals surface area contributed by atoms with E-state index >= 15 is 0 Å². The van der Waals surface area contributed by atoms with E-state index in [0.29, 0.717) is 16.8 Å². The smallest absolute Gasteiger partial charge is 0.339 e. The first-order valence-electron chi connectivity index (χ1n) is 5.43. The summed E-state index contributed by atoms with van der Waals surface area (Å²) in [6.45, 7) is 3.78. The maximum absolute atomic E-state index is 11.2. The van der Waals surface area contributed by atoms with Crippen LogP contribution in [0.3, 0.4) is 0 Å². The maximum Gasteiger partial charge on any atom is 0.339 e. The zero-order valence-corrected chi connectivity index (χ0v) is 10.4. The third-order valence-corrected chi connectivity index (χ3v) is 3.80. The molecule has 1 aliphatic rings. The number of pyridine rings is 1. The largest absolute Gasteiger partial charge is 0.478 e. The molecular weight excluding hydrogens is 238 g/mol. The SMILES string of the molecule is CC1CN(c2ncc(N)cc2C(=O)O)CCS1. The van der Waals surface area contributed by atoms with Crippen LogP contribution in [0.2, 0.25) is 0 Å². The van der Waals surface area contributed by atoms with Crippen LogP contribution in [0.25, 0.3) is 0 Å². The average molecular weight is 253 g/mol. The van der Waals surface area contributed by atoms with E-state index in [1.54, 1.807) is 0 Å². The summed E-state index contributed by atoms with van der Waals surface area (Å²) in [6.07, 6.45) is 1.51. The van der Waals surface area contributed by atoms with Gasteiger partial charge in [-0.2, -0.15) is 11.8 Å². The highest BCUT2D eigenvalue weighted by molar-refractivity contribution is 8.00. The fraction of sp³-hybridized carbons (Fsp3) is 0.455. The van der Waals surface area contributed by atoms with Gasteiger partial charge in [-0.1, -0.05) is 6.92 Å². The maximum atomic E-state index is 11.2. The number of hydrogen-bond donors (Lipinski definition) is 2. The quantitative estimate of drug-likeness (QED) is 0.827. The molecule has 0 spiro atoms. The molecule has 0 aliphatic carbocycles. The fourth-order valence-corrected chi connectivity index (χ4v) is 2.91. The summed E-state index contributed by atoms with van der Waals surface area (Å²) in [5, 5.41) is 9.65. The molecule has 1 fully saturated rings. The van der Waals surface area contributed by atoms with Gasteiger partial charge in [0.25, 0.3) is 0 Å². The Hall–Kier alpha value is -1.43. The van der Waals surface area contributed by atoms with Crippen LogP contribution in [0.1, 0.15) is 17.3 Å². The number of nitrogens with two attached hydrogens (primary N) is 1. The Labute approximate surface area is 104 Å². The molecule has 3 N–H and O–H groups in total. The standard InChI is InChI=1S/C11H15N3O2S/c1-7-6-14(2-3-17-7)10-9(11(15)16)4-8(12)5-13-10/h4-5,7H,2-3,6,12H2,1H3,(H,15,16). The molecule has 0 radical (unpaired) electrons. The molecule has 1 aliphatic heterocycles. The lowest BCUT2D eigenvalue weighted by atomic mass is 10.2. The van der Waals surface area contributed by atoms with Crippen molar-refractivity contribution in [3.63, 3.8) is 0 Å². The van der Waals surface area contributed by atoms with Gasteiger partial charge in [0.1, 0.15) is 11.4 Å². The predicted molar refractivity (Wildman–Crippen MR) is 69.7 cm³/mol. The number of carbonyl (C=O) groups is 1. The van der Waals surface area contributed by atoms with Gasteiger partial charge >= 0.3 is 5.97 Å². The molecule has 6 heteroatoms. The molecule has 1 saturated heterocycles. The second kappa shape index (κ2) is 4.83. The minimum Gasteiger partial charge on any atom is -0.478 e. The van der Waals surface area contributed by atoms with Crippen molar-refractivity contribution in [1.29, 1.82) is 0 Å². The van der Waals surface area contributed by atoms with Crippen LogP contribution in [0.5, 0.6) is 0 Å². The van der Waals surface area contributed by atoms with Crippen LogP contribution < -0.4 is 10.6 Å². The molecule has 0 saturated carbocycles. The lowest BCUT2D eigenvalue weighted by Gasteiger charge is -2.32. The number of aromatic carboxylic acids is 1. The molecule has 0 aromatic carbocycles. The number of rotatable bonds is 2. The summed E-state index contributed by atoms with van der Waals surface area (Å²) < 4.78 is 0. The van der Waals surface area contributed by atoms with Crippen molar-refractivity contribution >= 4 is 29.2 Å². The number of anilines is 2.